The molecule has 7 heteroatoms. The van der Waals surface area contributed by atoms with E-state index in [9.17, 15) is 10.1 Å². The molecule has 0 aliphatic rings. The van der Waals surface area contributed by atoms with E-state index in [1.54, 1.807) is 14.2 Å². The summed E-state index contributed by atoms with van der Waals surface area (Å²) < 4.78 is 5.14. The summed E-state index contributed by atoms with van der Waals surface area (Å²) in [5, 5.41) is 16.8. The van der Waals surface area contributed by atoms with Crippen LogP contribution in [0.3, 0.4) is 0 Å². The number of anilines is 3. The second-order valence-electron chi connectivity index (χ2n) is 4.41. The average molecular weight is 288 g/mol. The number of methoxy groups -OCH3 is 1. The van der Waals surface area contributed by atoms with Crippen LogP contribution >= 0.6 is 0 Å². The number of benzene rings is 1. The van der Waals surface area contributed by atoms with Gasteiger partial charge >= 0.3 is 0 Å². The van der Waals surface area contributed by atoms with Gasteiger partial charge in [0.2, 0.25) is 0 Å². The summed E-state index contributed by atoms with van der Waals surface area (Å²) in [7, 11) is 3.26. The number of hydrogen-bond acceptors (Lipinski definition) is 6. The molecule has 0 fully saturated rings. The quantitative estimate of drug-likeness (QED) is 0.649. The highest BCUT2D eigenvalue weighted by atomic mass is 16.6. The number of hydrogen-bond donors (Lipinski definition) is 2. The summed E-state index contributed by atoms with van der Waals surface area (Å²) in [6.45, 7) is 1.92. The van der Waals surface area contributed by atoms with Gasteiger partial charge in [-0.25, -0.2) is 4.98 Å². The second kappa shape index (κ2) is 6.08. The molecule has 0 atom stereocenters. The molecule has 2 N–H and O–H groups in total. The van der Waals surface area contributed by atoms with Crippen molar-refractivity contribution in [1.29, 1.82) is 0 Å². The Kier molecular flexibility index (Phi) is 4.22. The molecule has 7 nitrogen and oxygen atoms in total. The number of pyridine rings is 1. The molecule has 0 aliphatic carbocycles. The summed E-state index contributed by atoms with van der Waals surface area (Å²) in [6, 6.07) is 8.30. The molecule has 2 rings (SSSR count). The van der Waals surface area contributed by atoms with E-state index in [4.69, 9.17) is 4.74 Å². The fraction of sp³-hybridized carbons (Fsp3) is 0.214. The van der Waals surface area contributed by atoms with Crippen LogP contribution in [0.4, 0.5) is 23.0 Å². The van der Waals surface area contributed by atoms with E-state index in [0.717, 1.165) is 17.0 Å². The van der Waals surface area contributed by atoms with Crippen molar-refractivity contribution in [3.63, 3.8) is 0 Å². The maximum atomic E-state index is 10.9. The summed E-state index contributed by atoms with van der Waals surface area (Å²) in [6.07, 6.45) is 0. The lowest BCUT2D eigenvalue weighted by Gasteiger charge is -2.11. The monoisotopic (exact) mass is 288 g/mol. The van der Waals surface area contributed by atoms with Gasteiger partial charge in [-0.2, -0.15) is 0 Å². The van der Waals surface area contributed by atoms with Crippen molar-refractivity contribution in [1.82, 2.24) is 4.98 Å². The number of nitrogens with zero attached hydrogens (tertiary/aromatic N) is 2. The van der Waals surface area contributed by atoms with Gasteiger partial charge in [0.15, 0.2) is 0 Å². The Morgan fingerprint density at radius 2 is 1.95 bits per heavy atom. The fourth-order valence-corrected chi connectivity index (χ4v) is 1.86. The first-order valence-electron chi connectivity index (χ1n) is 6.29. The van der Waals surface area contributed by atoms with Crippen molar-refractivity contribution in [2.75, 3.05) is 24.8 Å². The Labute approximate surface area is 122 Å². The molecule has 0 radical (unpaired) electrons. The van der Waals surface area contributed by atoms with Crippen molar-refractivity contribution >= 4 is 23.0 Å². The van der Waals surface area contributed by atoms with Crippen molar-refractivity contribution in [2.24, 2.45) is 0 Å². The standard InChI is InChI=1S/C14H16N4O3/c1-9-6-11(21-3)4-5-12(9)16-14-8-10(18(19)20)7-13(15-2)17-14/h4-8H,1-3H3,(H2,15,16,17). The van der Waals surface area contributed by atoms with E-state index in [-0.39, 0.29) is 5.69 Å². The van der Waals surface area contributed by atoms with Gasteiger partial charge in [0.05, 0.1) is 24.2 Å². The molecule has 0 saturated heterocycles. The second-order valence-corrected chi connectivity index (χ2v) is 4.41. The van der Waals surface area contributed by atoms with Crippen molar-refractivity contribution in [3.8, 4) is 5.75 Å². The van der Waals surface area contributed by atoms with Crippen LogP contribution < -0.4 is 15.4 Å². The van der Waals surface area contributed by atoms with E-state index < -0.39 is 4.92 Å². The van der Waals surface area contributed by atoms with Crippen LogP contribution in [0.5, 0.6) is 5.75 Å². The van der Waals surface area contributed by atoms with E-state index in [0.29, 0.717) is 11.6 Å². The van der Waals surface area contributed by atoms with Crippen LogP contribution in [0.2, 0.25) is 0 Å². The zero-order valence-electron chi connectivity index (χ0n) is 12.0. The SMILES string of the molecule is CNc1cc([N+](=O)[O-])cc(Nc2ccc(OC)cc2C)n1. The molecule has 2 aromatic rings. The molecular weight excluding hydrogens is 272 g/mol. The third kappa shape index (κ3) is 3.38. The van der Waals surface area contributed by atoms with E-state index in [2.05, 4.69) is 15.6 Å². The maximum Gasteiger partial charge on any atom is 0.276 e. The third-order valence-corrected chi connectivity index (χ3v) is 2.97. The summed E-state index contributed by atoms with van der Waals surface area (Å²) in [5.41, 5.74) is 1.74. The molecule has 0 amide bonds. The van der Waals surface area contributed by atoms with Gasteiger partial charge in [0.1, 0.15) is 17.4 Å². The van der Waals surface area contributed by atoms with Gasteiger partial charge in [-0.3, -0.25) is 10.1 Å². The number of nitrogens with one attached hydrogen (secondary N) is 2. The zero-order valence-corrected chi connectivity index (χ0v) is 12.0. The van der Waals surface area contributed by atoms with Crippen LogP contribution in [-0.2, 0) is 0 Å². The average Bonchev–Trinajstić information content (AvgIpc) is 2.48. The van der Waals surface area contributed by atoms with E-state index in [1.807, 2.05) is 25.1 Å². The van der Waals surface area contributed by atoms with Gasteiger partial charge in [0, 0.05) is 12.7 Å². The molecule has 0 bridgehead atoms. The first-order valence-corrected chi connectivity index (χ1v) is 6.29. The molecular formula is C14H16N4O3. The number of ether oxygens (including phenoxy) is 1. The number of aryl methyl sites for hydroxylation is 1. The normalized spacial score (nSPS) is 10.0. The minimum Gasteiger partial charge on any atom is -0.497 e. The first kappa shape index (κ1) is 14.6. The van der Waals surface area contributed by atoms with Crippen LogP contribution in [0, 0.1) is 17.0 Å². The topological polar surface area (TPSA) is 89.3 Å². The zero-order chi connectivity index (χ0) is 15.4. The molecule has 0 spiro atoms. The minimum absolute atomic E-state index is 0.0250. The van der Waals surface area contributed by atoms with E-state index in [1.165, 1.54) is 12.1 Å². The van der Waals surface area contributed by atoms with E-state index >= 15 is 0 Å². The smallest absolute Gasteiger partial charge is 0.276 e. The van der Waals surface area contributed by atoms with Crippen molar-refractivity contribution in [2.45, 2.75) is 6.92 Å². The molecule has 110 valence electrons. The molecule has 1 heterocycles. The van der Waals surface area contributed by atoms with Gasteiger partial charge in [0.25, 0.3) is 5.69 Å². The number of nitro groups is 1. The molecule has 0 aliphatic heterocycles. The van der Waals surface area contributed by atoms with Crippen molar-refractivity contribution < 1.29 is 9.66 Å². The predicted molar refractivity (Wildman–Crippen MR) is 81.5 cm³/mol. The van der Waals surface area contributed by atoms with Crippen LogP contribution in [0.1, 0.15) is 5.56 Å². The van der Waals surface area contributed by atoms with Crippen LogP contribution in [0.15, 0.2) is 30.3 Å². The summed E-state index contributed by atoms with van der Waals surface area (Å²) in [5.74, 6) is 1.58. The Morgan fingerprint density at radius 3 is 2.52 bits per heavy atom. The molecule has 1 aromatic carbocycles. The summed E-state index contributed by atoms with van der Waals surface area (Å²) >= 11 is 0. The Balaban J connectivity index is 2.34. The van der Waals surface area contributed by atoms with Crippen LogP contribution in [-0.4, -0.2) is 24.1 Å². The number of rotatable bonds is 5. The highest BCUT2D eigenvalue weighted by molar-refractivity contribution is 5.65. The molecule has 0 saturated carbocycles. The van der Waals surface area contributed by atoms with Gasteiger partial charge in [-0.1, -0.05) is 0 Å². The van der Waals surface area contributed by atoms with Gasteiger partial charge in [-0.05, 0) is 30.7 Å². The maximum absolute atomic E-state index is 10.9. The Hall–Kier alpha value is -2.83. The molecule has 1 aromatic heterocycles. The lowest BCUT2D eigenvalue weighted by molar-refractivity contribution is -0.384. The van der Waals surface area contributed by atoms with Gasteiger partial charge in [-0.15, -0.1) is 0 Å². The highest BCUT2D eigenvalue weighted by Crippen LogP contribution is 2.26. The lowest BCUT2D eigenvalue weighted by Crippen LogP contribution is -2.01. The van der Waals surface area contributed by atoms with Gasteiger partial charge < -0.3 is 15.4 Å². The number of aromatic nitrogens is 1. The molecule has 21 heavy (non-hydrogen) atoms. The highest BCUT2D eigenvalue weighted by Gasteiger charge is 2.11. The predicted octanol–water partition coefficient (Wildman–Crippen LogP) is 3.09. The largest absolute Gasteiger partial charge is 0.497 e. The van der Waals surface area contributed by atoms with Crippen LogP contribution in [0.25, 0.3) is 0 Å². The Bertz CT molecular complexity index is 673. The summed E-state index contributed by atoms with van der Waals surface area (Å²) in [4.78, 5) is 14.7. The van der Waals surface area contributed by atoms with Crippen molar-refractivity contribution in [3.05, 3.63) is 46.0 Å². The minimum atomic E-state index is -0.450. The Morgan fingerprint density at radius 1 is 1.24 bits per heavy atom. The molecule has 0 unspecified atom stereocenters. The first-order chi connectivity index (χ1) is 10.0. The fourth-order valence-electron chi connectivity index (χ4n) is 1.86. The lowest BCUT2D eigenvalue weighted by atomic mass is 10.2. The third-order valence-electron chi connectivity index (χ3n) is 2.97.